The van der Waals surface area contributed by atoms with Crippen LogP contribution in [0, 0.1) is 13.8 Å². The van der Waals surface area contributed by atoms with E-state index in [9.17, 15) is 14.4 Å². The van der Waals surface area contributed by atoms with E-state index in [1.165, 1.54) is 18.3 Å². The Balaban J connectivity index is 1.98. The summed E-state index contributed by atoms with van der Waals surface area (Å²) in [5, 5.41) is 6.43. The number of ether oxygens (including phenoxy) is 1. The van der Waals surface area contributed by atoms with Crippen molar-refractivity contribution in [3.63, 3.8) is 0 Å². The van der Waals surface area contributed by atoms with Gasteiger partial charge in [0.1, 0.15) is 5.00 Å². The molecule has 0 radical (unpaired) electrons. The van der Waals surface area contributed by atoms with Crippen molar-refractivity contribution in [3.05, 3.63) is 50.9 Å². The van der Waals surface area contributed by atoms with Crippen molar-refractivity contribution < 1.29 is 19.1 Å². The molecule has 27 heavy (non-hydrogen) atoms. The first-order chi connectivity index (χ1) is 12.7. The first-order valence-corrected chi connectivity index (χ1v) is 9.48. The molecule has 2 aromatic rings. The predicted octanol–water partition coefficient (Wildman–Crippen LogP) is 4.01. The minimum absolute atomic E-state index is 0.256. The molecule has 0 aliphatic carbocycles. The lowest BCUT2D eigenvalue weighted by Crippen LogP contribution is -2.31. The SMILES string of the molecule is CC(=O)Nc1sc(C)c(C)c1C(=O)OCC(=O)N[C@H](C)c1ccc(Cl)cc1. The summed E-state index contributed by atoms with van der Waals surface area (Å²) in [4.78, 5) is 36.7. The molecule has 0 aliphatic heterocycles. The zero-order chi connectivity index (χ0) is 20.1. The third kappa shape index (κ3) is 5.55. The number of halogens is 1. The van der Waals surface area contributed by atoms with Crippen molar-refractivity contribution in [3.8, 4) is 0 Å². The lowest BCUT2D eigenvalue weighted by Gasteiger charge is -2.14. The number of benzene rings is 1. The average molecular weight is 409 g/mol. The molecule has 1 aromatic carbocycles. The van der Waals surface area contributed by atoms with Gasteiger partial charge in [0.25, 0.3) is 5.91 Å². The highest BCUT2D eigenvalue weighted by Gasteiger charge is 2.22. The van der Waals surface area contributed by atoms with E-state index in [2.05, 4.69) is 10.6 Å². The fourth-order valence-corrected chi connectivity index (χ4v) is 3.66. The van der Waals surface area contributed by atoms with Crippen molar-refractivity contribution in [2.24, 2.45) is 0 Å². The number of anilines is 1. The smallest absolute Gasteiger partial charge is 0.341 e. The molecular weight excluding hydrogens is 388 g/mol. The second-order valence-electron chi connectivity index (χ2n) is 6.09. The highest BCUT2D eigenvalue weighted by Crippen LogP contribution is 2.33. The number of esters is 1. The summed E-state index contributed by atoms with van der Waals surface area (Å²) in [6.45, 7) is 6.40. The van der Waals surface area contributed by atoms with Gasteiger partial charge in [-0.15, -0.1) is 11.3 Å². The first-order valence-electron chi connectivity index (χ1n) is 8.28. The van der Waals surface area contributed by atoms with Crippen molar-refractivity contribution in [1.29, 1.82) is 0 Å². The van der Waals surface area contributed by atoms with Gasteiger partial charge in [0, 0.05) is 16.8 Å². The number of amides is 2. The number of nitrogens with one attached hydrogen (secondary N) is 2. The molecule has 2 amide bonds. The van der Waals surface area contributed by atoms with Crippen molar-refractivity contribution in [2.45, 2.75) is 33.7 Å². The molecule has 1 aromatic heterocycles. The summed E-state index contributed by atoms with van der Waals surface area (Å²) >= 11 is 7.15. The zero-order valence-electron chi connectivity index (χ0n) is 15.5. The van der Waals surface area contributed by atoms with Gasteiger partial charge < -0.3 is 15.4 Å². The van der Waals surface area contributed by atoms with E-state index in [-0.39, 0.29) is 17.5 Å². The molecular formula is C19H21ClN2O4S. The van der Waals surface area contributed by atoms with Crippen LogP contribution in [0.15, 0.2) is 24.3 Å². The standard InChI is InChI=1S/C19H21ClN2O4S/c1-10-12(3)27-18(22-13(4)23)17(10)19(25)26-9-16(24)21-11(2)14-5-7-15(20)8-6-14/h5-8,11H,9H2,1-4H3,(H,21,24)(H,22,23)/t11-/m1/s1. The third-order valence-electron chi connectivity index (χ3n) is 3.96. The molecule has 1 heterocycles. The van der Waals surface area contributed by atoms with Gasteiger partial charge in [-0.25, -0.2) is 4.79 Å². The van der Waals surface area contributed by atoms with Crippen LogP contribution in [0.2, 0.25) is 5.02 Å². The molecule has 0 spiro atoms. The summed E-state index contributed by atoms with van der Waals surface area (Å²) in [6, 6.07) is 6.86. The van der Waals surface area contributed by atoms with Crippen molar-refractivity contribution in [1.82, 2.24) is 5.32 Å². The fourth-order valence-electron chi connectivity index (χ4n) is 2.44. The van der Waals surface area contributed by atoms with Crippen molar-refractivity contribution in [2.75, 3.05) is 11.9 Å². The molecule has 6 nitrogen and oxygen atoms in total. The van der Waals surface area contributed by atoms with Gasteiger partial charge in [-0.05, 0) is 44.0 Å². The molecule has 2 N–H and O–H groups in total. The summed E-state index contributed by atoms with van der Waals surface area (Å²) < 4.78 is 5.15. The maximum absolute atomic E-state index is 12.4. The van der Waals surface area contributed by atoms with Gasteiger partial charge in [0.15, 0.2) is 6.61 Å². The van der Waals surface area contributed by atoms with Crippen LogP contribution in [0.3, 0.4) is 0 Å². The van der Waals surface area contributed by atoms with E-state index in [1.807, 2.05) is 26.0 Å². The van der Waals surface area contributed by atoms with E-state index in [1.54, 1.807) is 19.1 Å². The molecule has 0 saturated carbocycles. The number of carbonyl (C=O) groups is 3. The number of hydrogen-bond donors (Lipinski definition) is 2. The van der Waals surface area contributed by atoms with Gasteiger partial charge in [0.2, 0.25) is 5.91 Å². The van der Waals surface area contributed by atoms with E-state index in [4.69, 9.17) is 16.3 Å². The minimum Gasteiger partial charge on any atom is -0.452 e. The molecule has 0 aliphatic rings. The highest BCUT2D eigenvalue weighted by atomic mass is 35.5. The van der Waals surface area contributed by atoms with E-state index < -0.39 is 18.5 Å². The fraction of sp³-hybridized carbons (Fsp3) is 0.316. The predicted molar refractivity (Wildman–Crippen MR) is 106 cm³/mol. The Morgan fingerprint density at radius 1 is 1.19 bits per heavy atom. The van der Waals surface area contributed by atoms with Crippen LogP contribution >= 0.6 is 22.9 Å². The third-order valence-corrected chi connectivity index (χ3v) is 5.34. The van der Waals surface area contributed by atoms with Gasteiger partial charge in [-0.3, -0.25) is 9.59 Å². The summed E-state index contributed by atoms with van der Waals surface area (Å²) in [5.41, 5.74) is 1.89. The summed E-state index contributed by atoms with van der Waals surface area (Å²) in [6.07, 6.45) is 0. The van der Waals surface area contributed by atoms with E-state index >= 15 is 0 Å². The van der Waals surface area contributed by atoms with E-state index in [0.29, 0.717) is 10.0 Å². The maximum Gasteiger partial charge on any atom is 0.341 e. The topological polar surface area (TPSA) is 84.5 Å². The largest absolute Gasteiger partial charge is 0.452 e. The Kier molecular flexibility index (Phi) is 6.98. The van der Waals surface area contributed by atoms with E-state index in [0.717, 1.165) is 16.0 Å². The Hall–Kier alpha value is -2.38. The average Bonchev–Trinajstić information content (AvgIpc) is 2.86. The molecule has 0 bridgehead atoms. The normalized spacial score (nSPS) is 11.6. The second kappa shape index (κ2) is 9.01. The van der Waals surface area contributed by atoms with Gasteiger partial charge in [0.05, 0.1) is 11.6 Å². The second-order valence-corrected chi connectivity index (χ2v) is 7.75. The van der Waals surface area contributed by atoms with Crippen molar-refractivity contribution >= 4 is 45.7 Å². The van der Waals surface area contributed by atoms with Gasteiger partial charge in [-0.1, -0.05) is 23.7 Å². The number of rotatable bonds is 6. The van der Waals surface area contributed by atoms with Crippen LogP contribution in [0.1, 0.15) is 46.3 Å². The molecule has 0 fully saturated rings. The van der Waals surface area contributed by atoms with Crippen LogP contribution in [-0.2, 0) is 14.3 Å². The van der Waals surface area contributed by atoms with Crippen LogP contribution in [0.5, 0.6) is 0 Å². The number of carbonyl (C=O) groups excluding carboxylic acids is 3. The number of hydrogen-bond acceptors (Lipinski definition) is 5. The Morgan fingerprint density at radius 3 is 2.41 bits per heavy atom. The van der Waals surface area contributed by atoms with Gasteiger partial charge in [-0.2, -0.15) is 0 Å². The van der Waals surface area contributed by atoms with Gasteiger partial charge >= 0.3 is 5.97 Å². The lowest BCUT2D eigenvalue weighted by molar-refractivity contribution is -0.124. The lowest BCUT2D eigenvalue weighted by atomic mass is 10.1. The molecule has 8 heteroatoms. The molecule has 1 atom stereocenters. The number of thiophene rings is 1. The Bertz CT molecular complexity index is 861. The quantitative estimate of drug-likeness (QED) is 0.707. The molecule has 2 rings (SSSR count). The minimum atomic E-state index is -0.644. The van der Waals surface area contributed by atoms with Crippen LogP contribution in [-0.4, -0.2) is 24.4 Å². The maximum atomic E-state index is 12.4. The summed E-state index contributed by atoms with van der Waals surface area (Å²) in [5.74, 6) is -1.34. The summed E-state index contributed by atoms with van der Waals surface area (Å²) in [7, 11) is 0. The van der Waals surface area contributed by atoms with Crippen LogP contribution < -0.4 is 10.6 Å². The zero-order valence-corrected chi connectivity index (χ0v) is 17.1. The van der Waals surface area contributed by atoms with Crippen LogP contribution in [0.4, 0.5) is 5.00 Å². The number of aryl methyl sites for hydroxylation is 1. The molecule has 0 unspecified atom stereocenters. The molecule has 0 saturated heterocycles. The Labute approximate surface area is 166 Å². The first kappa shape index (κ1) is 20.9. The van der Waals surface area contributed by atoms with Crippen LogP contribution in [0.25, 0.3) is 0 Å². The molecule has 144 valence electrons. The highest BCUT2D eigenvalue weighted by molar-refractivity contribution is 7.16. The Morgan fingerprint density at radius 2 is 1.81 bits per heavy atom. The monoisotopic (exact) mass is 408 g/mol.